The van der Waals surface area contributed by atoms with Gasteiger partial charge in [-0.15, -0.1) is 11.3 Å². The molecular formula is C25H18N4S. The minimum atomic E-state index is 0.718. The molecule has 0 amide bonds. The molecule has 1 N–H and O–H groups in total. The van der Waals surface area contributed by atoms with E-state index in [9.17, 15) is 0 Å². The van der Waals surface area contributed by atoms with E-state index >= 15 is 0 Å². The zero-order valence-corrected chi connectivity index (χ0v) is 16.9. The Hall–Kier alpha value is -3.88. The van der Waals surface area contributed by atoms with Crippen molar-refractivity contribution in [3.05, 3.63) is 107 Å². The molecule has 5 heteroatoms. The molecule has 3 heterocycles. The summed E-state index contributed by atoms with van der Waals surface area (Å²) in [6.07, 6.45) is 5.49. The summed E-state index contributed by atoms with van der Waals surface area (Å²) in [4.78, 5) is 11.1. The van der Waals surface area contributed by atoms with Gasteiger partial charge in [0.05, 0.1) is 16.0 Å². The van der Waals surface area contributed by atoms with Crippen LogP contribution < -0.4 is 5.32 Å². The third kappa shape index (κ3) is 3.82. The predicted molar refractivity (Wildman–Crippen MR) is 122 cm³/mol. The van der Waals surface area contributed by atoms with Crippen LogP contribution in [0.15, 0.2) is 91.4 Å². The number of thiophene rings is 1. The highest BCUT2D eigenvalue weighted by atomic mass is 32.1. The fraction of sp³-hybridized carbons (Fsp3) is 0.0400. The van der Waals surface area contributed by atoms with Crippen LogP contribution in [0.5, 0.6) is 0 Å². The van der Waals surface area contributed by atoms with Gasteiger partial charge in [-0.2, -0.15) is 0 Å². The lowest BCUT2D eigenvalue weighted by atomic mass is 10.2. The second-order valence-electron chi connectivity index (χ2n) is 6.73. The Morgan fingerprint density at radius 2 is 1.70 bits per heavy atom. The number of nitrogens with zero attached hydrogens (tertiary/aromatic N) is 3. The molecular weight excluding hydrogens is 388 g/mol. The van der Waals surface area contributed by atoms with Crippen molar-refractivity contribution in [2.24, 2.45) is 0 Å². The number of nitrogens with one attached hydrogen (secondary N) is 1. The summed E-state index contributed by atoms with van der Waals surface area (Å²) in [5.74, 6) is 7.45. The first kappa shape index (κ1) is 18.2. The molecule has 0 aliphatic heterocycles. The van der Waals surface area contributed by atoms with Gasteiger partial charge >= 0.3 is 0 Å². The molecule has 30 heavy (non-hydrogen) atoms. The van der Waals surface area contributed by atoms with E-state index in [4.69, 9.17) is 4.98 Å². The Kier molecular flexibility index (Phi) is 4.99. The SMILES string of the molecule is C(#Cc1ccc(-c2nc3cnccn3c2NCc2ccccc2)s1)c1ccccc1. The molecule has 4 nitrogen and oxygen atoms in total. The number of benzene rings is 2. The molecule has 0 saturated carbocycles. The largest absolute Gasteiger partial charge is 0.365 e. The number of aromatic nitrogens is 3. The third-order valence-electron chi connectivity index (χ3n) is 4.68. The van der Waals surface area contributed by atoms with E-state index in [0.717, 1.165) is 39.0 Å². The minimum absolute atomic E-state index is 0.718. The van der Waals surface area contributed by atoms with Crippen LogP contribution >= 0.6 is 11.3 Å². The molecule has 0 radical (unpaired) electrons. The molecule has 0 saturated heterocycles. The highest BCUT2D eigenvalue weighted by molar-refractivity contribution is 7.16. The van der Waals surface area contributed by atoms with Gasteiger partial charge in [-0.25, -0.2) is 4.98 Å². The van der Waals surface area contributed by atoms with Crippen molar-refractivity contribution in [2.75, 3.05) is 5.32 Å². The van der Waals surface area contributed by atoms with Gasteiger partial charge in [0.1, 0.15) is 11.5 Å². The molecule has 5 rings (SSSR count). The van der Waals surface area contributed by atoms with Crippen LogP contribution in [0.2, 0.25) is 0 Å². The van der Waals surface area contributed by atoms with Crippen molar-refractivity contribution < 1.29 is 0 Å². The molecule has 0 atom stereocenters. The highest BCUT2D eigenvalue weighted by Gasteiger charge is 2.15. The lowest BCUT2D eigenvalue weighted by molar-refractivity contribution is 1.07. The summed E-state index contributed by atoms with van der Waals surface area (Å²) in [5, 5.41) is 3.56. The zero-order chi connectivity index (χ0) is 20.2. The van der Waals surface area contributed by atoms with Gasteiger partial charge < -0.3 is 5.32 Å². The Morgan fingerprint density at radius 3 is 2.53 bits per heavy atom. The maximum absolute atomic E-state index is 4.83. The van der Waals surface area contributed by atoms with Gasteiger partial charge in [-0.1, -0.05) is 60.4 Å². The van der Waals surface area contributed by atoms with Crippen LogP contribution in [0.4, 0.5) is 5.82 Å². The molecule has 0 unspecified atom stereocenters. The second-order valence-corrected chi connectivity index (χ2v) is 7.82. The summed E-state index contributed by atoms with van der Waals surface area (Å²) in [5.41, 5.74) is 3.95. The minimum Gasteiger partial charge on any atom is -0.365 e. The lowest BCUT2D eigenvalue weighted by Gasteiger charge is -2.08. The topological polar surface area (TPSA) is 42.2 Å². The summed E-state index contributed by atoms with van der Waals surface area (Å²) in [6, 6.07) is 24.5. The normalized spacial score (nSPS) is 10.5. The summed E-state index contributed by atoms with van der Waals surface area (Å²) in [6.45, 7) is 0.718. The van der Waals surface area contributed by atoms with E-state index in [1.54, 1.807) is 23.7 Å². The number of rotatable bonds is 4. The average Bonchev–Trinajstić information content (AvgIpc) is 3.42. The third-order valence-corrected chi connectivity index (χ3v) is 5.68. The van der Waals surface area contributed by atoms with Crippen LogP contribution in [0.1, 0.15) is 16.0 Å². The molecule has 0 spiro atoms. The van der Waals surface area contributed by atoms with Crippen LogP contribution in [0, 0.1) is 11.8 Å². The van der Waals surface area contributed by atoms with Gasteiger partial charge in [0.15, 0.2) is 5.65 Å². The lowest BCUT2D eigenvalue weighted by Crippen LogP contribution is -2.03. The Morgan fingerprint density at radius 1 is 0.900 bits per heavy atom. The second kappa shape index (κ2) is 8.24. The van der Waals surface area contributed by atoms with E-state index in [0.29, 0.717) is 0 Å². The summed E-state index contributed by atoms with van der Waals surface area (Å²) >= 11 is 1.65. The van der Waals surface area contributed by atoms with Crippen LogP contribution in [-0.2, 0) is 6.54 Å². The fourth-order valence-electron chi connectivity index (χ4n) is 3.22. The van der Waals surface area contributed by atoms with E-state index in [-0.39, 0.29) is 0 Å². The standard InChI is InChI=1S/C25H18N4S/c1-3-7-19(8-4-1)11-12-21-13-14-22(30-21)24-25(27-17-20-9-5-2-6-10-20)29-16-15-26-18-23(29)28-24/h1-10,13-16,18,27H,17H2. The van der Waals surface area contributed by atoms with Gasteiger partial charge in [-0.05, 0) is 29.8 Å². The molecule has 0 bridgehead atoms. The van der Waals surface area contributed by atoms with E-state index < -0.39 is 0 Å². The first-order chi connectivity index (χ1) is 14.9. The maximum atomic E-state index is 4.83. The van der Waals surface area contributed by atoms with Crippen molar-refractivity contribution in [3.63, 3.8) is 0 Å². The molecule has 0 aliphatic rings. The summed E-state index contributed by atoms with van der Waals surface area (Å²) in [7, 11) is 0. The van der Waals surface area contributed by atoms with Gasteiger partial charge in [-0.3, -0.25) is 9.38 Å². The average molecular weight is 407 g/mol. The molecule has 3 aromatic heterocycles. The Labute approximate surface area is 178 Å². The van der Waals surface area contributed by atoms with E-state index in [2.05, 4.69) is 46.4 Å². The molecule has 2 aromatic carbocycles. The molecule has 5 aromatic rings. The van der Waals surface area contributed by atoms with Gasteiger partial charge in [0.2, 0.25) is 0 Å². The van der Waals surface area contributed by atoms with E-state index in [1.807, 2.05) is 59.1 Å². The van der Waals surface area contributed by atoms with Crippen molar-refractivity contribution >= 4 is 22.8 Å². The summed E-state index contributed by atoms with van der Waals surface area (Å²) < 4.78 is 2.04. The highest BCUT2D eigenvalue weighted by Crippen LogP contribution is 2.33. The van der Waals surface area contributed by atoms with Crippen LogP contribution in [-0.4, -0.2) is 14.4 Å². The number of anilines is 1. The number of fused-ring (bicyclic) bond motifs is 1. The van der Waals surface area contributed by atoms with Crippen molar-refractivity contribution in [2.45, 2.75) is 6.54 Å². The van der Waals surface area contributed by atoms with Gasteiger partial charge in [0, 0.05) is 24.5 Å². The smallest absolute Gasteiger partial charge is 0.157 e. The van der Waals surface area contributed by atoms with E-state index in [1.165, 1.54) is 5.56 Å². The van der Waals surface area contributed by atoms with Crippen LogP contribution in [0.25, 0.3) is 16.2 Å². The van der Waals surface area contributed by atoms with Crippen LogP contribution in [0.3, 0.4) is 0 Å². The first-order valence-electron chi connectivity index (χ1n) is 9.64. The Balaban J connectivity index is 1.48. The monoisotopic (exact) mass is 406 g/mol. The maximum Gasteiger partial charge on any atom is 0.157 e. The van der Waals surface area contributed by atoms with Crippen molar-refractivity contribution in [3.8, 4) is 22.4 Å². The predicted octanol–water partition coefficient (Wildman–Crippen LogP) is 5.47. The molecule has 0 fully saturated rings. The van der Waals surface area contributed by atoms with Crippen molar-refractivity contribution in [1.29, 1.82) is 0 Å². The van der Waals surface area contributed by atoms with Crippen molar-refractivity contribution in [1.82, 2.24) is 14.4 Å². The first-order valence-corrected chi connectivity index (χ1v) is 10.5. The molecule has 0 aliphatic carbocycles. The Bertz CT molecular complexity index is 1340. The fourth-order valence-corrected chi connectivity index (χ4v) is 4.07. The van der Waals surface area contributed by atoms with Gasteiger partial charge in [0.25, 0.3) is 0 Å². The molecule has 144 valence electrons. The zero-order valence-electron chi connectivity index (χ0n) is 16.1. The quantitative estimate of drug-likeness (QED) is 0.403. The number of imidazole rings is 1. The number of hydrogen-bond acceptors (Lipinski definition) is 4. The number of hydrogen-bond donors (Lipinski definition) is 1.